The molecular formula is C10H8ClN3O. The Kier molecular flexibility index (Phi) is 1.33. The number of aromatic nitrogens is 2. The van der Waals surface area contributed by atoms with E-state index in [0.717, 1.165) is 6.20 Å². The third-order valence-electron chi connectivity index (χ3n) is 1.64. The number of nitrogens with zero attached hydrogens (tertiary/aromatic N) is 2. The van der Waals surface area contributed by atoms with Gasteiger partial charge in [0.2, 0.25) is 0 Å². The van der Waals surface area contributed by atoms with Crippen molar-refractivity contribution in [1.82, 2.24) is 9.78 Å². The summed E-state index contributed by atoms with van der Waals surface area (Å²) in [4.78, 5) is 12.0. The van der Waals surface area contributed by atoms with Crippen LogP contribution in [0, 0.1) is 0 Å². The number of hydrogen-bond donors (Lipinski definition) is 1. The molecule has 0 unspecified atom stereocenters. The smallest absolute Gasteiger partial charge is 0.292 e. The average molecular weight is 227 g/mol. The minimum absolute atomic E-state index is 0.0553. The van der Waals surface area contributed by atoms with Crippen molar-refractivity contribution in [3.05, 3.63) is 51.8 Å². The van der Waals surface area contributed by atoms with Gasteiger partial charge < -0.3 is 5.73 Å². The SMILES string of the molecule is [2H]c1c([2H])c([2H])c(-n2ncc(N)c(Cl)c2=O)c([2H])c1[2H]. The molecule has 0 aliphatic rings. The molecule has 2 rings (SSSR count). The summed E-state index contributed by atoms with van der Waals surface area (Å²) in [5, 5.41) is 3.34. The quantitative estimate of drug-likeness (QED) is 0.801. The van der Waals surface area contributed by atoms with Gasteiger partial charge in [-0.3, -0.25) is 4.79 Å². The summed E-state index contributed by atoms with van der Waals surface area (Å²) in [5.74, 6) is 0. The van der Waals surface area contributed by atoms with Crippen LogP contribution in [0.4, 0.5) is 5.69 Å². The molecule has 0 aliphatic heterocycles. The standard InChI is InChI=1S/C10H8ClN3O/c11-9-8(12)6-13-14(10(9)15)7-4-2-1-3-5-7/h1-6H,12H2/i1D,2D,3D,4D,5D. The summed E-state index contributed by atoms with van der Waals surface area (Å²) in [6, 6.07) is -2.79. The molecule has 0 atom stereocenters. The highest BCUT2D eigenvalue weighted by Gasteiger charge is 2.07. The van der Waals surface area contributed by atoms with Crippen molar-refractivity contribution in [1.29, 1.82) is 0 Å². The topological polar surface area (TPSA) is 60.9 Å². The number of anilines is 1. The fourth-order valence-electron chi connectivity index (χ4n) is 0.954. The highest BCUT2D eigenvalue weighted by Crippen LogP contribution is 2.11. The second-order valence-corrected chi connectivity index (χ2v) is 2.98. The van der Waals surface area contributed by atoms with Gasteiger partial charge in [-0.15, -0.1) is 0 Å². The molecule has 5 heteroatoms. The van der Waals surface area contributed by atoms with Crippen molar-refractivity contribution in [2.75, 3.05) is 5.73 Å². The zero-order valence-electron chi connectivity index (χ0n) is 12.3. The molecule has 15 heavy (non-hydrogen) atoms. The first-order valence-corrected chi connectivity index (χ1v) is 4.25. The Hall–Kier alpha value is -1.81. The Balaban J connectivity index is 2.91. The Morgan fingerprint density at radius 3 is 2.73 bits per heavy atom. The molecule has 2 N–H and O–H groups in total. The van der Waals surface area contributed by atoms with Gasteiger partial charge in [0.1, 0.15) is 5.02 Å². The molecule has 1 aromatic heterocycles. The van der Waals surface area contributed by atoms with E-state index >= 15 is 0 Å². The van der Waals surface area contributed by atoms with Gasteiger partial charge in [-0.1, -0.05) is 29.7 Å². The van der Waals surface area contributed by atoms with Crippen LogP contribution in [-0.2, 0) is 0 Å². The minimum Gasteiger partial charge on any atom is -0.396 e. The lowest BCUT2D eigenvalue weighted by molar-refractivity contribution is 0.809. The van der Waals surface area contributed by atoms with Crippen LogP contribution in [0.1, 0.15) is 6.85 Å². The Labute approximate surface area is 97.9 Å². The van der Waals surface area contributed by atoms with Crippen LogP contribution < -0.4 is 11.3 Å². The van der Waals surface area contributed by atoms with Gasteiger partial charge in [-0.2, -0.15) is 9.78 Å². The van der Waals surface area contributed by atoms with E-state index in [9.17, 15) is 4.79 Å². The fraction of sp³-hybridized carbons (Fsp3) is 0. The van der Waals surface area contributed by atoms with Crippen LogP contribution in [0.5, 0.6) is 0 Å². The number of nitrogen functional groups attached to an aromatic ring is 1. The van der Waals surface area contributed by atoms with Crippen molar-refractivity contribution >= 4 is 17.3 Å². The van der Waals surface area contributed by atoms with Gasteiger partial charge >= 0.3 is 0 Å². The summed E-state index contributed by atoms with van der Waals surface area (Å²) in [6.07, 6.45) is 1.07. The molecule has 76 valence electrons. The lowest BCUT2D eigenvalue weighted by atomic mass is 10.3. The predicted molar refractivity (Wildman–Crippen MR) is 59.3 cm³/mol. The minimum atomic E-state index is -0.856. The normalized spacial score (nSPS) is 14.9. The zero-order valence-corrected chi connectivity index (χ0v) is 8.09. The van der Waals surface area contributed by atoms with Crippen molar-refractivity contribution in [3.63, 3.8) is 0 Å². The van der Waals surface area contributed by atoms with Gasteiger partial charge in [0.25, 0.3) is 5.56 Å². The van der Waals surface area contributed by atoms with E-state index in [0.29, 0.717) is 4.68 Å². The third kappa shape index (κ3) is 1.71. The molecule has 0 fully saturated rings. The van der Waals surface area contributed by atoms with Crippen LogP contribution in [0.25, 0.3) is 5.69 Å². The first-order chi connectivity index (χ1) is 9.27. The maximum absolute atomic E-state index is 12.0. The predicted octanol–water partition coefficient (Wildman–Crippen LogP) is 1.47. The molecule has 1 heterocycles. The van der Waals surface area contributed by atoms with E-state index in [1.807, 2.05) is 0 Å². The molecule has 0 aliphatic carbocycles. The van der Waals surface area contributed by atoms with E-state index in [1.54, 1.807) is 0 Å². The molecule has 0 saturated heterocycles. The Bertz CT molecular complexity index is 747. The van der Waals surface area contributed by atoms with Crippen molar-refractivity contribution in [2.45, 2.75) is 0 Å². The van der Waals surface area contributed by atoms with E-state index < -0.39 is 35.8 Å². The van der Waals surface area contributed by atoms with Gasteiger partial charge in [0.05, 0.1) is 24.4 Å². The first kappa shape index (κ1) is 5.32. The summed E-state index contributed by atoms with van der Waals surface area (Å²) < 4.78 is 38.7. The lowest BCUT2D eigenvalue weighted by Crippen LogP contribution is -2.22. The maximum Gasteiger partial charge on any atom is 0.292 e. The molecular weight excluding hydrogens is 214 g/mol. The Morgan fingerprint density at radius 2 is 2.07 bits per heavy atom. The van der Waals surface area contributed by atoms with Crippen LogP contribution in [-0.4, -0.2) is 9.78 Å². The number of benzene rings is 1. The molecule has 0 spiro atoms. The van der Waals surface area contributed by atoms with Crippen LogP contribution >= 0.6 is 11.6 Å². The van der Waals surface area contributed by atoms with Crippen LogP contribution in [0.2, 0.25) is 5.02 Å². The van der Waals surface area contributed by atoms with E-state index in [2.05, 4.69) is 5.10 Å². The van der Waals surface area contributed by atoms with Crippen molar-refractivity contribution in [3.8, 4) is 5.69 Å². The molecule has 4 nitrogen and oxygen atoms in total. The monoisotopic (exact) mass is 226 g/mol. The number of nitrogens with two attached hydrogens (primary N) is 1. The zero-order chi connectivity index (χ0) is 15.2. The van der Waals surface area contributed by atoms with Crippen molar-refractivity contribution < 1.29 is 6.85 Å². The number of halogens is 1. The third-order valence-corrected chi connectivity index (χ3v) is 2.02. The highest BCUT2D eigenvalue weighted by molar-refractivity contribution is 6.32. The summed E-state index contributed by atoms with van der Waals surface area (Å²) in [7, 11) is 0. The maximum atomic E-state index is 12.0. The molecule has 2 aromatic rings. The fourth-order valence-corrected chi connectivity index (χ4v) is 1.08. The first-order valence-electron chi connectivity index (χ1n) is 6.38. The number of hydrogen-bond acceptors (Lipinski definition) is 3. The second kappa shape index (κ2) is 3.74. The molecule has 1 aromatic carbocycles. The Morgan fingerprint density at radius 1 is 1.40 bits per heavy atom. The summed E-state index contributed by atoms with van der Waals surface area (Å²) >= 11 is 5.70. The van der Waals surface area contributed by atoms with Gasteiger partial charge in [-0.25, -0.2) is 0 Å². The van der Waals surface area contributed by atoms with Gasteiger partial charge in [0.15, 0.2) is 0 Å². The van der Waals surface area contributed by atoms with Gasteiger partial charge in [-0.05, 0) is 12.1 Å². The summed E-state index contributed by atoms with van der Waals surface area (Å²) in [5.41, 5.74) is 4.14. The molecule has 0 bridgehead atoms. The molecule has 0 radical (unpaired) electrons. The van der Waals surface area contributed by atoms with E-state index in [1.165, 1.54) is 0 Å². The molecule has 0 amide bonds. The van der Waals surface area contributed by atoms with Crippen LogP contribution in [0.15, 0.2) is 41.2 Å². The van der Waals surface area contributed by atoms with E-state index in [-0.39, 0.29) is 16.4 Å². The second-order valence-electron chi connectivity index (χ2n) is 2.60. The average Bonchev–Trinajstić information content (AvgIpc) is 2.43. The lowest BCUT2D eigenvalue weighted by Gasteiger charge is -2.04. The largest absolute Gasteiger partial charge is 0.396 e. The summed E-state index contributed by atoms with van der Waals surface area (Å²) in [6.45, 7) is 0. The number of para-hydroxylation sites is 1. The molecule has 0 saturated carbocycles. The number of rotatable bonds is 1. The van der Waals surface area contributed by atoms with Crippen LogP contribution in [0.3, 0.4) is 0 Å². The van der Waals surface area contributed by atoms with E-state index in [4.69, 9.17) is 24.2 Å². The van der Waals surface area contributed by atoms with Gasteiger partial charge in [0, 0.05) is 0 Å². The van der Waals surface area contributed by atoms with Crippen molar-refractivity contribution in [2.24, 2.45) is 0 Å². The highest BCUT2D eigenvalue weighted by atomic mass is 35.5.